The van der Waals surface area contributed by atoms with Crippen LogP contribution < -0.4 is 11.1 Å². The van der Waals surface area contributed by atoms with E-state index in [0.717, 1.165) is 12.0 Å². The Kier molecular flexibility index (Phi) is 4.56. The number of ether oxygens (including phenoxy) is 1. The summed E-state index contributed by atoms with van der Waals surface area (Å²) in [7, 11) is 0. The second-order valence-corrected chi connectivity index (χ2v) is 5.11. The molecule has 1 atom stereocenters. The molecule has 104 valence electrons. The van der Waals surface area contributed by atoms with Crippen LogP contribution in [0.3, 0.4) is 0 Å². The average molecular weight is 262 g/mol. The van der Waals surface area contributed by atoms with Crippen molar-refractivity contribution < 1.29 is 9.53 Å². The number of hydrogen-bond donors (Lipinski definition) is 2. The van der Waals surface area contributed by atoms with Crippen LogP contribution in [0.5, 0.6) is 0 Å². The first kappa shape index (κ1) is 14.0. The summed E-state index contributed by atoms with van der Waals surface area (Å²) in [5.74, 6) is -0.0634. The molecule has 1 aliphatic heterocycles. The van der Waals surface area contributed by atoms with Crippen molar-refractivity contribution in [3.63, 3.8) is 0 Å². The third-order valence-corrected chi connectivity index (χ3v) is 3.75. The first-order valence-electron chi connectivity index (χ1n) is 6.88. The van der Waals surface area contributed by atoms with Gasteiger partial charge in [0.25, 0.3) is 0 Å². The molecule has 1 saturated heterocycles. The predicted octanol–water partition coefficient (Wildman–Crippen LogP) is 1.76. The number of carbonyl (C=O) groups is 1. The van der Waals surface area contributed by atoms with Gasteiger partial charge in [0.2, 0.25) is 5.91 Å². The quantitative estimate of drug-likeness (QED) is 0.869. The second kappa shape index (κ2) is 6.17. The highest BCUT2D eigenvalue weighted by Gasteiger charge is 2.36. The Bertz CT molecular complexity index is 413. The van der Waals surface area contributed by atoms with Gasteiger partial charge in [0.05, 0.1) is 11.6 Å². The van der Waals surface area contributed by atoms with Gasteiger partial charge in [-0.1, -0.05) is 37.3 Å². The van der Waals surface area contributed by atoms with E-state index in [2.05, 4.69) is 12.2 Å². The molecular weight excluding hydrogens is 240 g/mol. The normalized spacial score (nSPS) is 19.7. The summed E-state index contributed by atoms with van der Waals surface area (Å²) >= 11 is 0. The summed E-state index contributed by atoms with van der Waals surface area (Å²) in [6.45, 7) is 3.18. The van der Waals surface area contributed by atoms with Gasteiger partial charge in [0.1, 0.15) is 0 Å². The van der Waals surface area contributed by atoms with Crippen molar-refractivity contribution in [2.24, 2.45) is 5.73 Å². The highest BCUT2D eigenvalue weighted by atomic mass is 16.5. The van der Waals surface area contributed by atoms with Crippen LogP contribution in [0.2, 0.25) is 0 Å². The standard InChI is InChI=1S/C15H22N2O2/c1-2-13(12-6-4-3-5-7-12)17-14(18)15(16)8-10-19-11-9-15/h3-7,13H,2,8-11,16H2,1H3,(H,17,18). The van der Waals surface area contributed by atoms with Gasteiger partial charge in [-0.3, -0.25) is 4.79 Å². The minimum Gasteiger partial charge on any atom is -0.381 e. The van der Waals surface area contributed by atoms with Gasteiger partial charge in [0, 0.05) is 13.2 Å². The molecule has 1 fully saturated rings. The topological polar surface area (TPSA) is 64.4 Å². The zero-order valence-corrected chi connectivity index (χ0v) is 11.4. The fourth-order valence-corrected chi connectivity index (χ4v) is 2.37. The smallest absolute Gasteiger partial charge is 0.240 e. The summed E-state index contributed by atoms with van der Waals surface area (Å²) in [5.41, 5.74) is 6.53. The lowest BCUT2D eigenvalue weighted by Crippen LogP contribution is -2.57. The van der Waals surface area contributed by atoms with Gasteiger partial charge in [-0.15, -0.1) is 0 Å². The predicted molar refractivity (Wildman–Crippen MR) is 74.6 cm³/mol. The van der Waals surface area contributed by atoms with Gasteiger partial charge in [-0.05, 0) is 24.8 Å². The molecule has 0 aliphatic carbocycles. The molecule has 0 saturated carbocycles. The van der Waals surface area contributed by atoms with Gasteiger partial charge in [-0.25, -0.2) is 0 Å². The zero-order chi connectivity index (χ0) is 13.7. The molecule has 3 N–H and O–H groups in total. The van der Waals surface area contributed by atoms with Crippen LogP contribution in [0.25, 0.3) is 0 Å². The second-order valence-electron chi connectivity index (χ2n) is 5.11. The van der Waals surface area contributed by atoms with Crippen molar-refractivity contribution in [2.75, 3.05) is 13.2 Å². The van der Waals surface area contributed by atoms with Crippen LogP contribution in [0.15, 0.2) is 30.3 Å². The van der Waals surface area contributed by atoms with E-state index in [9.17, 15) is 4.79 Å². The molecule has 1 unspecified atom stereocenters. The Labute approximate surface area is 114 Å². The Morgan fingerprint density at radius 2 is 2.00 bits per heavy atom. The lowest BCUT2D eigenvalue weighted by molar-refractivity contribution is -0.130. The lowest BCUT2D eigenvalue weighted by atomic mass is 9.89. The maximum atomic E-state index is 12.4. The van der Waals surface area contributed by atoms with Crippen LogP contribution in [0.1, 0.15) is 37.8 Å². The maximum Gasteiger partial charge on any atom is 0.240 e. The fraction of sp³-hybridized carbons (Fsp3) is 0.533. The maximum absolute atomic E-state index is 12.4. The summed E-state index contributed by atoms with van der Waals surface area (Å²) in [6.07, 6.45) is 2.02. The number of carbonyl (C=O) groups excluding carboxylic acids is 1. The van der Waals surface area contributed by atoms with Crippen molar-refractivity contribution in [1.29, 1.82) is 0 Å². The van der Waals surface area contributed by atoms with E-state index in [0.29, 0.717) is 26.1 Å². The van der Waals surface area contributed by atoms with E-state index in [-0.39, 0.29) is 11.9 Å². The average Bonchev–Trinajstić information content (AvgIpc) is 2.46. The van der Waals surface area contributed by atoms with Crippen LogP contribution in [-0.4, -0.2) is 24.7 Å². The number of nitrogens with one attached hydrogen (secondary N) is 1. The first-order valence-corrected chi connectivity index (χ1v) is 6.88. The largest absolute Gasteiger partial charge is 0.381 e. The molecule has 19 heavy (non-hydrogen) atoms. The number of benzene rings is 1. The molecule has 0 bridgehead atoms. The van der Waals surface area contributed by atoms with E-state index in [1.54, 1.807) is 0 Å². The molecule has 4 nitrogen and oxygen atoms in total. The fourth-order valence-electron chi connectivity index (χ4n) is 2.37. The van der Waals surface area contributed by atoms with Crippen LogP contribution in [-0.2, 0) is 9.53 Å². The van der Waals surface area contributed by atoms with Crippen LogP contribution in [0.4, 0.5) is 0 Å². The minimum absolute atomic E-state index is 0.0250. The van der Waals surface area contributed by atoms with Crippen LogP contribution in [0, 0.1) is 0 Å². The molecule has 1 aromatic carbocycles. The van der Waals surface area contributed by atoms with E-state index in [4.69, 9.17) is 10.5 Å². The monoisotopic (exact) mass is 262 g/mol. The van der Waals surface area contributed by atoms with Gasteiger partial charge in [0.15, 0.2) is 0 Å². The van der Waals surface area contributed by atoms with E-state index in [1.165, 1.54) is 0 Å². The van der Waals surface area contributed by atoms with Crippen molar-refractivity contribution in [3.05, 3.63) is 35.9 Å². The molecule has 0 spiro atoms. The zero-order valence-electron chi connectivity index (χ0n) is 11.4. The molecular formula is C15H22N2O2. The number of hydrogen-bond acceptors (Lipinski definition) is 3. The molecule has 1 heterocycles. The van der Waals surface area contributed by atoms with E-state index < -0.39 is 5.54 Å². The van der Waals surface area contributed by atoms with Crippen molar-refractivity contribution in [1.82, 2.24) is 5.32 Å². The van der Waals surface area contributed by atoms with Crippen LogP contribution >= 0.6 is 0 Å². The van der Waals surface area contributed by atoms with E-state index in [1.807, 2.05) is 30.3 Å². The van der Waals surface area contributed by atoms with Crippen molar-refractivity contribution in [2.45, 2.75) is 37.8 Å². The Morgan fingerprint density at radius 1 is 1.37 bits per heavy atom. The number of amides is 1. The van der Waals surface area contributed by atoms with Crippen molar-refractivity contribution >= 4 is 5.91 Å². The number of nitrogens with two attached hydrogens (primary N) is 1. The highest BCUT2D eigenvalue weighted by Crippen LogP contribution is 2.21. The SMILES string of the molecule is CCC(NC(=O)C1(N)CCOCC1)c1ccccc1. The summed E-state index contributed by atoms with van der Waals surface area (Å²) in [6, 6.07) is 10.0. The Hall–Kier alpha value is -1.39. The first-order chi connectivity index (χ1) is 9.15. The highest BCUT2D eigenvalue weighted by molar-refractivity contribution is 5.86. The molecule has 0 radical (unpaired) electrons. The summed E-state index contributed by atoms with van der Waals surface area (Å²) < 4.78 is 5.27. The molecule has 0 aromatic heterocycles. The molecule has 1 amide bonds. The van der Waals surface area contributed by atoms with Gasteiger partial charge < -0.3 is 15.8 Å². The molecule has 1 aliphatic rings. The molecule has 1 aromatic rings. The van der Waals surface area contributed by atoms with Gasteiger partial charge >= 0.3 is 0 Å². The third kappa shape index (κ3) is 3.33. The van der Waals surface area contributed by atoms with Gasteiger partial charge in [-0.2, -0.15) is 0 Å². The Balaban J connectivity index is 2.04. The lowest BCUT2D eigenvalue weighted by Gasteiger charge is -2.33. The Morgan fingerprint density at radius 3 is 2.58 bits per heavy atom. The van der Waals surface area contributed by atoms with Crippen molar-refractivity contribution in [3.8, 4) is 0 Å². The molecule has 2 rings (SSSR count). The van der Waals surface area contributed by atoms with E-state index >= 15 is 0 Å². The summed E-state index contributed by atoms with van der Waals surface area (Å²) in [5, 5.41) is 3.07. The minimum atomic E-state index is -0.777. The third-order valence-electron chi connectivity index (χ3n) is 3.75. The number of rotatable bonds is 4. The summed E-state index contributed by atoms with van der Waals surface area (Å²) in [4.78, 5) is 12.4. The molecule has 4 heteroatoms.